The van der Waals surface area contributed by atoms with Crippen LogP contribution in [-0.2, 0) is 9.53 Å². The second-order valence-electron chi connectivity index (χ2n) is 6.64. The molecule has 0 bridgehead atoms. The Kier molecular flexibility index (Phi) is 6.34. The molecule has 1 unspecified atom stereocenters. The van der Waals surface area contributed by atoms with Crippen molar-refractivity contribution in [2.24, 2.45) is 0 Å². The molecule has 1 aromatic carbocycles. The number of ketones is 1. The van der Waals surface area contributed by atoms with Crippen LogP contribution in [0.15, 0.2) is 35.6 Å². The summed E-state index contributed by atoms with van der Waals surface area (Å²) in [5, 5.41) is 11.4. The molecule has 0 aliphatic carbocycles. The van der Waals surface area contributed by atoms with E-state index >= 15 is 0 Å². The lowest BCUT2D eigenvalue weighted by Gasteiger charge is -2.26. The Bertz CT molecular complexity index is 966. The van der Waals surface area contributed by atoms with Crippen molar-refractivity contribution in [2.75, 3.05) is 26.9 Å². The van der Waals surface area contributed by atoms with Gasteiger partial charge >= 0.3 is 0 Å². The molecular weight excluding hydrogens is 392 g/mol. The van der Waals surface area contributed by atoms with Crippen LogP contribution >= 0.6 is 11.3 Å². The number of thiazole rings is 1. The van der Waals surface area contributed by atoms with Gasteiger partial charge in [-0.1, -0.05) is 12.1 Å². The van der Waals surface area contributed by atoms with Crippen molar-refractivity contribution in [2.45, 2.75) is 26.8 Å². The lowest BCUT2D eigenvalue weighted by Crippen LogP contribution is -2.34. The molecule has 2 aromatic rings. The zero-order valence-corrected chi connectivity index (χ0v) is 17.7. The van der Waals surface area contributed by atoms with Crippen LogP contribution in [0.2, 0.25) is 0 Å². The second-order valence-corrected chi connectivity index (χ2v) is 7.84. The topological polar surface area (TPSA) is 89.0 Å². The third kappa shape index (κ3) is 4.04. The first-order valence-electron chi connectivity index (χ1n) is 9.33. The average molecular weight is 416 g/mol. The van der Waals surface area contributed by atoms with Gasteiger partial charge in [-0.3, -0.25) is 9.59 Å². The number of benzene rings is 1. The number of carbonyl (C=O) groups is 2. The highest BCUT2D eigenvalue weighted by Crippen LogP contribution is 2.40. The molecule has 0 spiro atoms. The number of aromatic nitrogens is 1. The van der Waals surface area contributed by atoms with E-state index in [1.807, 2.05) is 26.0 Å². The molecule has 1 aliphatic heterocycles. The fraction of sp³-hybridized carbons (Fsp3) is 0.381. The van der Waals surface area contributed by atoms with E-state index in [0.29, 0.717) is 28.5 Å². The summed E-state index contributed by atoms with van der Waals surface area (Å²) in [5.41, 5.74) is 1.33. The largest absolute Gasteiger partial charge is 0.503 e. The molecule has 0 fully saturated rings. The molecule has 0 saturated carbocycles. The Balaban J connectivity index is 2.10. The van der Waals surface area contributed by atoms with Crippen LogP contribution in [0.4, 0.5) is 0 Å². The third-order valence-corrected chi connectivity index (χ3v) is 5.75. The van der Waals surface area contributed by atoms with Gasteiger partial charge in [0.25, 0.3) is 5.91 Å². The highest BCUT2D eigenvalue weighted by atomic mass is 32.1. The van der Waals surface area contributed by atoms with Crippen molar-refractivity contribution in [3.05, 3.63) is 56.7 Å². The monoisotopic (exact) mass is 416 g/mol. The Morgan fingerprint density at radius 2 is 2.10 bits per heavy atom. The van der Waals surface area contributed by atoms with Crippen molar-refractivity contribution in [1.82, 2.24) is 9.88 Å². The summed E-state index contributed by atoms with van der Waals surface area (Å²) in [6, 6.07) is 6.49. The van der Waals surface area contributed by atoms with Crippen molar-refractivity contribution in [3.63, 3.8) is 0 Å². The van der Waals surface area contributed by atoms with E-state index in [0.717, 1.165) is 5.01 Å². The predicted molar refractivity (Wildman–Crippen MR) is 110 cm³/mol. The van der Waals surface area contributed by atoms with Gasteiger partial charge in [0.05, 0.1) is 40.4 Å². The quantitative estimate of drug-likeness (QED) is 0.664. The Labute approximate surface area is 173 Å². The molecule has 1 amide bonds. The van der Waals surface area contributed by atoms with Crippen LogP contribution in [0.5, 0.6) is 5.75 Å². The normalized spacial score (nSPS) is 16.6. The second kappa shape index (κ2) is 8.75. The van der Waals surface area contributed by atoms with E-state index < -0.39 is 17.7 Å². The lowest BCUT2D eigenvalue weighted by atomic mass is 9.95. The molecule has 8 heteroatoms. The third-order valence-electron chi connectivity index (χ3n) is 4.68. The van der Waals surface area contributed by atoms with E-state index in [1.165, 1.54) is 23.3 Å². The lowest BCUT2D eigenvalue weighted by molar-refractivity contribution is -0.130. The van der Waals surface area contributed by atoms with Gasteiger partial charge in [-0.15, -0.1) is 11.3 Å². The van der Waals surface area contributed by atoms with E-state index in [9.17, 15) is 14.7 Å². The van der Waals surface area contributed by atoms with Crippen LogP contribution in [0.1, 0.15) is 38.9 Å². The predicted octanol–water partition coefficient (Wildman–Crippen LogP) is 3.38. The van der Waals surface area contributed by atoms with E-state index in [-0.39, 0.29) is 24.5 Å². The average Bonchev–Trinajstić information content (AvgIpc) is 3.16. The van der Waals surface area contributed by atoms with E-state index in [1.54, 1.807) is 19.1 Å². The molecule has 29 heavy (non-hydrogen) atoms. The number of aryl methyl sites for hydroxylation is 2. The summed E-state index contributed by atoms with van der Waals surface area (Å²) in [4.78, 5) is 32.4. The summed E-state index contributed by atoms with van der Waals surface area (Å²) in [6.45, 7) is 6.45. The minimum atomic E-state index is -0.729. The van der Waals surface area contributed by atoms with E-state index in [2.05, 4.69) is 4.98 Å². The number of nitrogens with zero attached hydrogens (tertiary/aromatic N) is 2. The number of carbonyl (C=O) groups excluding carboxylic acids is 2. The number of Topliss-reactive ketones (excluding diaryl/α,β-unsaturated/α-hetero) is 1. The van der Waals surface area contributed by atoms with E-state index in [4.69, 9.17) is 9.47 Å². The minimum Gasteiger partial charge on any atom is -0.503 e. The van der Waals surface area contributed by atoms with Crippen LogP contribution in [-0.4, -0.2) is 53.5 Å². The van der Waals surface area contributed by atoms with Gasteiger partial charge in [0.2, 0.25) is 5.78 Å². The van der Waals surface area contributed by atoms with Crippen molar-refractivity contribution in [1.29, 1.82) is 0 Å². The molecule has 154 valence electrons. The van der Waals surface area contributed by atoms with Gasteiger partial charge in [-0.25, -0.2) is 4.98 Å². The molecule has 1 aromatic heterocycles. The first-order valence-corrected chi connectivity index (χ1v) is 10.1. The van der Waals surface area contributed by atoms with Gasteiger partial charge in [0.15, 0.2) is 5.76 Å². The Morgan fingerprint density at radius 3 is 2.72 bits per heavy atom. The molecule has 0 radical (unpaired) electrons. The molecule has 1 N–H and O–H groups in total. The first kappa shape index (κ1) is 21.0. The maximum absolute atomic E-state index is 13.4. The number of methoxy groups -OCH3 is 1. The smallest absolute Gasteiger partial charge is 0.290 e. The van der Waals surface area contributed by atoms with Crippen LogP contribution < -0.4 is 4.74 Å². The maximum Gasteiger partial charge on any atom is 0.290 e. The minimum absolute atomic E-state index is 0.0616. The zero-order valence-electron chi connectivity index (χ0n) is 16.9. The number of ether oxygens (including phenoxy) is 2. The van der Waals surface area contributed by atoms with Crippen LogP contribution in [0, 0.1) is 13.8 Å². The molecule has 0 saturated heterocycles. The number of hydrogen-bond acceptors (Lipinski definition) is 7. The highest BCUT2D eigenvalue weighted by molar-refractivity contribution is 7.14. The molecule has 3 rings (SSSR count). The van der Waals surface area contributed by atoms with Crippen molar-refractivity contribution >= 4 is 23.0 Å². The summed E-state index contributed by atoms with van der Waals surface area (Å²) in [7, 11) is 1.54. The molecule has 1 atom stereocenters. The van der Waals surface area contributed by atoms with Crippen LogP contribution in [0.25, 0.3) is 0 Å². The Hall–Kier alpha value is -2.71. The van der Waals surface area contributed by atoms with Gasteiger partial charge in [0, 0.05) is 13.7 Å². The first-order chi connectivity index (χ1) is 13.9. The number of hydrogen-bond donors (Lipinski definition) is 1. The highest BCUT2D eigenvalue weighted by Gasteiger charge is 2.44. The fourth-order valence-electron chi connectivity index (χ4n) is 3.46. The van der Waals surface area contributed by atoms with Crippen LogP contribution in [0.3, 0.4) is 0 Å². The fourth-order valence-corrected chi connectivity index (χ4v) is 4.33. The SMILES string of the molecule is CCOc1cccc(C2C(C(=O)c3sc(C)nc3C)=C(O)C(=O)N2CCOC)c1. The van der Waals surface area contributed by atoms with Gasteiger partial charge in [-0.2, -0.15) is 0 Å². The van der Waals surface area contributed by atoms with Crippen molar-refractivity contribution < 1.29 is 24.2 Å². The van der Waals surface area contributed by atoms with Gasteiger partial charge in [0.1, 0.15) is 5.75 Å². The summed E-state index contributed by atoms with van der Waals surface area (Å²) in [6.07, 6.45) is 0. The molecule has 1 aliphatic rings. The summed E-state index contributed by atoms with van der Waals surface area (Å²) < 4.78 is 10.7. The molecule has 7 nitrogen and oxygen atoms in total. The Morgan fingerprint density at radius 1 is 1.34 bits per heavy atom. The zero-order chi connectivity index (χ0) is 21.1. The number of rotatable bonds is 8. The molecular formula is C21H24N2O5S. The standard InChI is InChI=1S/C21H24N2O5S/c1-5-28-15-8-6-7-14(11-15)17-16(18(24)20-12(2)22-13(3)29-20)19(25)21(26)23(17)9-10-27-4/h6-8,11,17,25H,5,9-10H2,1-4H3. The van der Waals surface area contributed by atoms with Gasteiger partial charge < -0.3 is 19.5 Å². The summed E-state index contributed by atoms with van der Waals surface area (Å²) >= 11 is 1.26. The maximum atomic E-state index is 13.4. The number of aliphatic hydroxyl groups is 1. The molecule has 2 heterocycles. The van der Waals surface area contributed by atoms with Crippen molar-refractivity contribution in [3.8, 4) is 5.75 Å². The van der Waals surface area contributed by atoms with Gasteiger partial charge in [-0.05, 0) is 38.5 Å². The number of amides is 1. The number of aliphatic hydroxyl groups excluding tert-OH is 1. The summed E-state index contributed by atoms with van der Waals surface area (Å²) in [5.74, 6) is -0.864.